The maximum Gasteiger partial charge on any atom is 0.315 e. The molecule has 5 N–H and O–H groups in total. The summed E-state index contributed by atoms with van der Waals surface area (Å²) < 4.78 is 17.6. The normalized spacial score (nSPS) is 20.5. The highest BCUT2D eigenvalue weighted by atomic mass is 32.2. The number of aromatic nitrogens is 1. The average molecular weight is 505 g/mol. The summed E-state index contributed by atoms with van der Waals surface area (Å²) in [5.74, 6) is 0.236. The predicted molar refractivity (Wildman–Crippen MR) is 135 cm³/mol. The van der Waals surface area contributed by atoms with Crippen LogP contribution in [-0.2, 0) is 15.7 Å². The molecule has 0 saturated carbocycles. The molecule has 0 spiro atoms. The van der Waals surface area contributed by atoms with E-state index < -0.39 is 16.9 Å². The van der Waals surface area contributed by atoms with Crippen molar-refractivity contribution in [1.29, 1.82) is 0 Å². The molecular formula is C23H28N4O5S2. The number of carbonyl (C=O) groups is 2. The Balaban J connectivity index is 0.000000166. The molecular weight excluding hydrogens is 476 g/mol. The van der Waals surface area contributed by atoms with Crippen molar-refractivity contribution in [1.82, 2.24) is 15.6 Å². The lowest BCUT2D eigenvalue weighted by molar-refractivity contribution is -0.137. The molecule has 2 saturated heterocycles. The number of pyridine rings is 1. The van der Waals surface area contributed by atoms with Crippen molar-refractivity contribution >= 4 is 56.5 Å². The molecule has 2 aliphatic rings. The second-order valence-corrected chi connectivity index (χ2v) is 9.76. The Labute approximate surface area is 203 Å². The summed E-state index contributed by atoms with van der Waals surface area (Å²) >= 11 is 1.87. The molecule has 182 valence electrons. The zero-order valence-electron chi connectivity index (χ0n) is 18.4. The van der Waals surface area contributed by atoms with Crippen LogP contribution in [0.4, 0.5) is 4.79 Å². The summed E-state index contributed by atoms with van der Waals surface area (Å²) in [4.78, 5) is 26.0. The first kappa shape index (κ1) is 25.7. The van der Waals surface area contributed by atoms with Crippen molar-refractivity contribution < 1.29 is 23.1 Å². The molecule has 5 rings (SSSR count). The van der Waals surface area contributed by atoms with Gasteiger partial charge in [0, 0.05) is 28.2 Å². The Hall–Kier alpha value is -2.89. The highest BCUT2D eigenvalue weighted by Crippen LogP contribution is 2.33. The molecule has 1 aromatic heterocycles. The van der Waals surface area contributed by atoms with Gasteiger partial charge in [-0.1, -0.05) is 42.8 Å². The van der Waals surface area contributed by atoms with Gasteiger partial charge < -0.3 is 15.7 Å². The molecule has 3 heterocycles. The molecule has 2 amide bonds. The molecule has 34 heavy (non-hydrogen) atoms. The number of thiol groups is 1. The van der Waals surface area contributed by atoms with Gasteiger partial charge in [-0.05, 0) is 31.0 Å². The van der Waals surface area contributed by atoms with Crippen molar-refractivity contribution in [3.63, 3.8) is 0 Å². The van der Waals surface area contributed by atoms with E-state index in [4.69, 9.17) is 13.5 Å². The number of unbranched alkanes of at least 4 members (excludes halogenated alkanes) is 1. The van der Waals surface area contributed by atoms with Gasteiger partial charge in [0.1, 0.15) is 0 Å². The number of carbonyl (C=O) groups excluding carboxylic acids is 1. The van der Waals surface area contributed by atoms with Crippen LogP contribution in [-0.4, -0.2) is 53.6 Å². The van der Waals surface area contributed by atoms with Crippen molar-refractivity contribution in [2.45, 2.75) is 43.0 Å². The van der Waals surface area contributed by atoms with Crippen LogP contribution in [0.5, 0.6) is 0 Å². The van der Waals surface area contributed by atoms with Gasteiger partial charge in [0.15, 0.2) is 10.9 Å². The zero-order valence-corrected chi connectivity index (χ0v) is 20.1. The van der Waals surface area contributed by atoms with E-state index in [2.05, 4.69) is 39.0 Å². The molecule has 9 nitrogen and oxygen atoms in total. The number of amides is 2. The Morgan fingerprint density at radius 2 is 1.65 bits per heavy atom. The topological polar surface area (TPSA) is 151 Å². The van der Waals surface area contributed by atoms with Crippen LogP contribution >= 0.6 is 11.8 Å². The van der Waals surface area contributed by atoms with Crippen LogP contribution in [0.1, 0.15) is 25.7 Å². The van der Waals surface area contributed by atoms with Crippen LogP contribution in [0.25, 0.3) is 21.8 Å². The number of para-hydroxylation sites is 2. The zero-order chi connectivity index (χ0) is 24.5. The fourth-order valence-electron chi connectivity index (χ4n) is 3.98. The molecule has 3 atom stereocenters. The number of nitrogens with two attached hydrogens (primary N) is 1. The third-order valence-corrected chi connectivity index (χ3v) is 7.00. The molecule has 2 fully saturated rings. The summed E-state index contributed by atoms with van der Waals surface area (Å²) in [5.41, 5.74) is 2.12. The summed E-state index contributed by atoms with van der Waals surface area (Å²) in [6.45, 7) is 0. The van der Waals surface area contributed by atoms with Gasteiger partial charge in [0.2, 0.25) is 0 Å². The fourth-order valence-corrected chi connectivity index (χ4v) is 5.53. The Kier molecular flexibility index (Phi) is 9.49. The van der Waals surface area contributed by atoms with Crippen LogP contribution in [0.3, 0.4) is 0 Å². The first-order valence-corrected chi connectivity index (χ1v) is 13.2. The highest BCUT2D eigenvalue weighted by Gasteiger charge is 2.42. The maximum absolute atomic E-state index is 11.1. The Morgan fingerprint density at radius 1 is 1.06 bits per heavy atom. The minimum atomic E-state index is -2.62. The first-order chi connectivity index (χ1) is 16.3. The maximum atomic E-state index is 11.1. The van der Waals surface area contributed by atoms with Gasteiger partial charge >= 0.3 is 12.0 Å². The summed E-state index contributed by atoms with van der Waals surface area (Å²) in [7, 11) is -2.62. The molecule has 2 aromatic carbocycles. The minimum absolute atomic E-state index is 0.0640. The Bertz CT molecular complexity index is 1110. The van der Waals surface area contributed by atoms with E-state index in [0.717, 1.165) is 36.0 Å². The van der Waals surface area contributed by atoms with Crippen molar-refractivity contribution in [3.8, 4) is 0 Å². The van der Waals surface area contributed by atoms with Gasteiger partial charge in [0.25, 0.3) is 0 Å². The summed E-state index contributed by atoms with van der Waals surface area (Å²) in [6, 6.07) is 19.0. The number of carboxylic acid groups (broad SMARTS) is 1. The number of urea groups is 1. The molecule has 3 aromatic rings. The van der Waals surface area contributed by atoms with Crippen LogP contribution in [0.2, 0.25) is 0 Å². The summed E-state index contributed by atoms with van der Waals surface area (Å²) in [6.07, 6.45) is 2.88. The van der Waals surface area contributed by atoms with Crippen LogP contribution in [0.15, 0.2) is 54.6 Å². The summed E-state index contributed by atoms with van der Waals surface area (Å²) in [5, 5.41) is 21.2. The number of nitrogens with zero attached hydrogens (tertiary/aromatic N) is 1. The van der Waals surface area contributed by atoms with Crippen molar-refractivity contribution in [2.75, 3.05) is 5.75 Å². The first-order valence-electron chi connectivity index (χ1n) is 10.9. The molecule has 0 radical (unpaired) electrons. The largest absolute Gasteiger partial charge is 0.481 e. The van der Waals surface area contributed by atoms with Gasteiger partial charge in [-0.15, -0.1) is 0 Å². The fraction of sp³-hybridized carbons (Fsp3) is 0.348. The predicted octanol–water partition coefficient (Wildman–Crippen LogP) is 2.66. The molecule has 2 aliphatic heterocycles. The Morgan fingerprint density at radius 3 is 2.24 bits per heavy atom. The van der Waals surface area contributed by atoms with Crippen molar-refractivity contribution in [3.05, 3.63) is 54.6 Å². The number of nitrogens with one attached hydrogen (secondary N) is 2. The van der Waals surface area contributed by atoms with Crippen LogP contribution in [0, 0.1) is 0 Å². The second kappa shape index (κ2) is 12.5. The van der Waals surface area contributed by atoms with Gasteiger partial charge in [-0.25, -0.2) is 23.3 Å². The molecule has 0 unspecified atom stereocenters. The molecule has 0 bridgehead atoms. The lowest BCUT2D eigenvalue weighted by atomic mass is 10.0. The van der Waals surface area contributed by atoms with Gasteiger partial charge in [0.05, 0.1) is 23.1 Å². The third-order valence-electron chi connectivity index (χ3n) is 5.49. The molecule has 11 heteroatoms. The standard InChI is InChI=1S/C13H9N.C10H16N2O3S.H3NO2S/c1-3-7-12-10(5-1)9-11-6-2-4-8-13(11)14-12;13-8(14)4-2-1-3-7-9-6(5-16-7)11-10(15)12-9;1-4(2)3/h1-9H;6-7,9H,1-5H2,(H,13,14)(H2,11,12,15);4H,(H2,1,2,3)/t;6-,7-,9-;/m.0./s1. The smallest absolute Gasteiger partial charge is 0.315 e. The van der Waals surface area contributed by atoms with E-state index >= 15 is 0 Å². The molecule has 0 aliphatic carbocycles. The van der Waals surface area contributed by atoms with Crippen LogP contribution < -0.4 is 15.8 Å². The van der Waals surface area contributed by atoms with E-state index in [1.54, 1.807) is 0 Å². The van der Waals surface area contributed by atoms with E-state index in [1.807, 2.05) is 48.2 Å². The van der Waals surface area contributed by atoms with E-state index in [1.165, 1.54) is 10.8 Å². The number of benzene rings is 2. The quantitative estimate of drug-likeness (QED) is 0.155. The number of fused-ring (bicyclic) bond motifs is 3. The number of rotatable bonds is 5. The number of hydrogen-bond donors (Lipinski definition) is 5. The second-order valence-electron chi connectivity index (χ2n) is 7.92. The lowest BCUT2D eigenvalue weighted by Crippen LogP contribution is -2.36. The van der Waals surface area contributed by atoms with Crippen molar-refractivity contribution in [2.24, 2.45) is 5.14 Å². The number of aliphatic carboxylic acids is 1. The average Bonchev–Trinajstić information content (AvgIpc) is 3.34. The van der Waals surface area contributed by atoms with E-state index in [-0.39, 0.29) is 24.5 Å². The number of carboxylic acids is 1. The SMILES string of the molecule is N[SH](=O)=O.O=C(O)CCCC[C@@H]1SC[C@@H]2NC(=O)N[C@@H]21.c1ccc2nc3ccccc3cc2c1. The third kappa shape index (κ3) is 7.57. The number of thioether (sulfide) groups is 1. The monoisotopic (exact) mass is 504 g/mol. The minimum Gasteiger partial charge on any atom is -0.481 e. The van der Waals surface area contributed by atoms with E-state index in [0.29, 0.717) is 5.25 Å². The highest BCUT2D eigenvalue weighted by molar-refractivity contribution is 8.00. The lowest BCUT2D eigenvalue weighted by Gasteiger charge is -2.16. The number of hydrogen-bond acceptors (Lipinski definition) is 6. The van der Waals surface area contributed by atoms with E-state index in [9.17, 15) is 9.59 Å². The van der Waals surface area contributed by atoms with Gasteiger partial charge in [-0.2, -0.15) is 11.8 Å². The van der Waals surface area contributed by atoms with Gasteiger partial charge in [-0.3, -0.25) is 4.79 Å².